The molecule has 0 rings (SSSR count). The van der Waals surface area contributed by atoms with Gasteiger partial charge >= 0.3 is 0 Å². The molecule has 0 aromatic carbocycles. The van der Waals surface area contributed by atoms with E-state index in [-0.39, 0.29) is 5.41 Å². The molecule has 0 saturated carbocycles. The summed E-state index contributed by atoms with van der Waals surface area (Å²) < 4.78 is 0. The minimum Gasteiger partial charge on any atom is -0.405 e. The van der Waals surface area contributed by atoms with E-state index in [1.807, 2.05) is 0 Å². The summed E-state index contributed by atoms with van der Waals surface area (Å²) in [6, 6.07) is 0. The van der Waals surface area contributed by atoms with Crippen LogP contribution in [0.3, 0.4) is 0 Å². The molecule has 88 valence electrons. The quantitative estimate of drug-likeness (QED) is 0.623. The fourth-order valence-electron chi connectivity index (χ4n) is 2.42. The average Bonchev–Trinajstić information content (AvgIpc) is 2.19. The van der Waals surface area contributed by atoms with Crippen LogP contribution in [0.5, 0.6) is 0 Å². The minimum atomic E-state index is 0.175. The standard InChI is InChI=1S/C14H27N/c1-5-8-13(4)14(9-6-2,10-7-3)11-12-15/h6,9,11-13H,5,7-8,10,15H2,1-4H3. The molecule has 0 aliphatic carbocycles. The number of nitrogens with two attached hydrogens (primary N) is 1. The molecule has 1 heteroatoms. The van der Waals surface area contributed by atoms with E-state index < -0.39 is 0 Å². The SMILES string of the molecule is CC=CC(C=CN)(CCC)C(C)CCC. The van der Waals surface area contributed by atoms with Crippen molar-refractivity contribution in [2.24, 2.45) is 17.1 Å². The monoisotopic (exact) mass is 209 g/mol. The van der Waals surface area contributed by atoms with Gasteiger partial charge in [0.2, 0.25) is 0 Å². The summed E-state index contributed by atoms with van der Waals surface area (Å²) in [5.41, 5.74) is 5.77. The Bertz CT molecular complexity index is 191. The van der Waals surface area contributed by atoms with Crippen molar-refractivity contribution in [1.82, 2.24) is 0 Å². The molecule has 0 radical (unpaired) electrons. The van der Waals surface area contributed by atoms with Gasteiger partial charge in [-0.05, 0) is 31.9 Å². The molecular weight excluding hydrogens is 182 g/mol. The lowest BCUT2D eigenvalue weighted by atomic mass is 9.71. The highest BCUT2D eigenvalue weighted by atomic mass is 14.5. The van der Waals surface area contributed by atoms with Crippen molar-refractivity contribution in [1.29, 1.82) is 0 Å². The largest absolute Gasteiger partial charge is 0.405 e. The normalized spacial score (nSPS) is 18.4. The topological polar surface area (TPSA) is 26.0 Å². The van der Waals surface area contributed by atoms with Crippen molar-refractivity contribution in [2.45, 2.75) is 53.4 Å². The van der Waals surface area contributed by atoms with E-state index in [9.17, 15) is 0 Å². The Kier molecular flexibility index (Phi) is 7.19. The van der Waals surface area contributed by atoms with Crippen LogP contribution in [-0.4, -0.2) is 0 Å². The van der Waals surface area contributed by atoms with Gasteiger partial charge in [-0.15, -0.1) is 0 Å². The van der Waals surface area contributed by atoms with E-state index in [4.69, 9.17) is 5.73 Å². The smallest absolute Gasteiger partial charge is 0.0103 e. The second-order valence-electron chi connectivity index (χ2n) is 4.41. The van der Waals surface area contributed by atoms with Gasteiger partial charge in [0.1, 0.15) is 0 Å². The summed E-state index contributed by atoms with van der Waals surface area (Å²) in [5, 5.41) is 0. The van der Waals surface area contributed by atoms with Gasteiger partial charge in [0.15, 0.2) is 0 Å². The summed E-state index contributed by atoms with van der Waals surface area (Å²) in [5.74, 6) is 0.665. The summed E-state index contributed by atoms with van der Waals surface area (Å²) in [4.78, 5) is 0. The average molecular weight is 209 g/mol. The van der Waals surface area contributed by atoms with E-state index in [1.165, 1.54) is 25.7 Å². The highest BCUT2D eigenvalue weighted by Crippen LogP contribution is 2.38. The zero-order valence-electron chi connectivity index (χ0n) is 10.8. The molecule has 0 amide bonds. The molecule has 2 atom stereocenters. The van der Waals surface area contributed by atoms with Crippen LogP contribution >= 0.6 is 0 Å². The number of allylic oxidation sites excluding steroid dienone is 3. The highest BCUT2D eigenvalue weighted by molar-refractivity contribution is 5.12. The lowest BCUT2D eigenvalue weighted by Gasteiger charge is -2.34. The lowest BCUT2D eigenvalue weighted by molar-refractivity contribution is 0.277. The van der Waals surface area contributed by atoms with Crippen LogP contribution in [-0.2, 0) is 0 Å². The Morgan fingerprint density at radius 1 is 1.20 bits per heavy atom. The van der Waals surface area contributed by atoms with Crippen molar-refractivity contribution >= 4 is 0 Å². The predicted molar refractivity (Wildman–Crippen MR) is 69.6 cm³/mol. The third-order valence-electron chi connectivity index (χ3n) is 3.21. The molecule has 0 spiro atoms. The summed E-state index contributed by atoms with van der Waals surface area (Å²) >= 11 is 0. The van der Waals surface area contributed by atoms with Gasteiger partial charge in [-0.25, -0.2) is 0 Å². The number of hydrogen-bond donors (Lipinski definition) is 1. The summed E-state index contributed by atoms with van der Waals surface area (Å²) in [7, 11) is 0. The van der Waals surface area contributed by atoms with Crippen LogP contribution < -0.4 is 5.73 Å². The van der Waals surface area contributed by atoms with E-state index in [0.717, 1.165) is 0 Å². The molecule has 2 N–H and O–H groups in total. The molecule has 0 saturated heterocycles. The molecule has 0 aromatic rings. The highest BCUT2D eigenvalue weighted by Gasteiger charge is 2.28. The van der Waals surface area contributed by atoms with E-state index in [2.05, 4.69) is 45.9 Å². The molecule has 0 bridgehead atoms. The minimum absolute atomic E-state index is 0.175. The molecule has 0 heterocycles. The molecular formula is C14H27N. The van der Waals surface area contributed by atoms with Crippen molar-refractivity contribution in [3.05, 3.63) is 24.4 Å². The third kappa shape index (κ3) is 4.11. The van der Waals surface area contributed by atoms with Gasteiger partial charge in [0.25, 0.3) is 0 Å². The second-order valence-corrected chi connectivity index (χ2v) is 4.41. The fraction of sp³-hybridized carbons (Fsp3) is 0.714. The first-order chi connectivity index (χ1) is 7.16. The maximum atomic E-state index is 5.59. The first-order valence-corrected chi connectivity index (χ1v) is 6.20. The fourth-order valence-corrected chi connectivity index (χ4v) is 2.42. The first kappa shape index (κ1) is 14.3. The Morgan fingerprint density at radius 2 is 1.87 bits per heavy atom. The molecule has 0 aromatic heterocycles. The van der Waals surface area contributed by atoms with E-state index >= 15 is 0 Å². The lowest BCUT2D eigenvalue weighted by Crippen LogP contribution is -2.25. The van der Waals surface area contributed by atoms with Gasteiger partial charge in [-0.2, -0.15) is 0 Å². The van der Waals surface area contributed by atoms with Crippen LogP contribution in [0, 0.1) is 11.3 Å². The van der Waals surface area contributed by atoms with Crippen molar-refractivity contribution in [3.8, 4) is 0 Å². The van der Waals surface area contributed by atoms with Gasteiger partial charge in [0, 0.05) is 5.41 Å². The van der Waals surface area contributed by atoms with Crippen molar-refractivity contribution in [2.75, 3.05) is 0 Å². The number of hydrogen-bond acceptors (Lipinski definition) is 1. The van der Waals surface area contributed by atoms with Crippen molar-refractivity contribution < 1.29 is 0 Å². The zero-order valence-corrected chi connectivity index (χ0v) is 10.8. The van der Waals surface area contributed by atoms with Crippen molar-refractivity contribution in [3.63, 3.8) is 0 Å². The molecule has 2 unspecified atom stereocenters. The molecule has 0 aliphatic rings. The Morgan fingerprint density at radius 3 is 2.27 bits per heavy atom. The maximum Gasteiger partial charge on any atom is 0.0103 e. The van der Waals surface area contributed by atoms with Crippen LogP contribution in [0.15, 0.2) is 24.4 Å². The van der Waals surface area contributed by atoms with Gasteiger partial charge in [-0.1, -0.05) is 51.8 Å². The van der Waals surface area contributed by atoms with E-state index in [0.29, 0.717) is 5.92 Å². The first-order valence-electron chi connectivity index (χ1n) is 6.20. The third-order valence-corrected chi connectivity index (χ3v) is 3.21. The number of rotatable bonds is 7. The molecule has 15 heavy (non-hydrogen) atoms. The van der Waals surface area contributed by atoms with Gasteiger partial charge in [-0.3, -0.25) is 0 Å². The van der Waals surface area contributed by atoms with Crippen LogP contribution in [0.1, 0.15) is 53.4 Å². The summed E-state index contributed by atoms with van der Waals surface area (Å²) in [6.07, 6.45) is 13.2. The zero-order chi connectivity index (χ0) is 11.7. The Balaban J connectivity index is 4.91. The Labute approximate surface area is 95.4 Å². The maximum absolute atomic E-state index is 5.59. The predicted octanol–water partition coefficient (Wildman–Crippen LogP) is 4.26. The van der Waals surface area contributed by atoms with Gasteiger partial charge < -0.3 is 5.73 Å². The molecule has 0 fully saturated rings. The van der Waals surface area contributed by atoms with Crippen LogP contribution in [0.25, 0.3) is 0 Å². The molecule has 1 nitrogen and oxygen atoms in total. The van der Waals surface area contributed by atoms with Crippen LogP contribution in [0.2, 0.25) is 0 Å². The second kappa shape index (κ2) is 7.56. The van der Waals surface area contributed by atoms with E-state index in [1.54, 1.807) is 6.20 Å². The Hall–Kier alpha value is -0.720. The van der Waals surface area contributed by atoms with Crippen LogP contribution in [0.4, 0.5) is 0 Å². The molecule has 0 aliphatic heterocycles. The summed E-state index contributed by atoms with van der Waals surface area (Å²) in [6.45, 7) is 8.91. The van der Waals surface area contributed by atoms with Gasteiger partial charge in [0.05, 0.1) is 0 Å².